The maximum Gasteiger partial charge on any atom is 0.414 e. The highest BCUT2D eigenvalue weighted by molar-refractivity contribution is 6.16. The van der Waals surface area contributed by atoms with Crippen molar-refractivity contribution in [2.45, 2.75) is 72.1 Å². The van der Waals surface area contributed by atoms with Crippen LogP contribution in [0.4, 0.5) is 26.8 Å². The molecule has 3 aromatic heterocycles. The van der Waals surface area contributed by atoms with Crippen molar-refractivity contribution < 1.29 is 28.3 Å². The van der Waals surface area contributed by atoms with E-state index in [1.165, 1.54) is 0 Å². The number of carbonyl (C=O) groups excluding carboxylic acids is 3. The van der Waals surface area contributed by atoms with Gasteiger partial charge in [-0.1, -0.05) is 19.6 Å². The number of nitrogens with one attached hydrogen (secondary N) is 3. The first-order chi connectivity index (χ1) is 20.1. The van der Waals surface area contributed by atoms with Crippen LogP contribution in [0.2, 0.25) is 0 Å². The molecule has 0 aliphatic carbocycles. The van der Waals surface area contributed by atoms with E-state index in [0.29, 0.717) is 29.9 Å². The predicted molar refractivity (Wildman–Crippen MR) is 165 cm³/mol. The summed E-state index contributed by atoms with van der Waals surface area (Å²) in [6.07, 6.45) is 5.87. The lowest BCUT2D eigenvalue weighted by atomic mass is 9.95. The van der Waals surface area contributed by atoms with Gasteiger partial charge in [-0.25, -0.2) is 9.59 Å². The van der Waals surface area contributed by atoms with Crippen molar-refractivity contribution in [2.24, 2.45) is 5.92 Å². The lowest BCUT2D eigenvalue weighted by molar-refractivity contribution is 0.0494. The SMILES string of the molecule is C=Cc1cnc2c(C(=O)Nc3cnccc3N3CC(NC(=O)OC(C)(C)C)C[C@@H](C)C3)c(NC(=O)OC(C)(C)C)oc2c1. The third-order valence-corrected chi connectivity index (χ3v) is 6.39. The molecule has 1 aliphatic rings. The third-order valence-electron chi connectivity index (χ3n) is 6.39. The lowest BCUT2D eigenvalue weighted by Gasteiger charge is -2.39. The zero-order valence-corrected chi connectivity index (χ0v) is 25.7. The van der Waals surface area contributed by atoms with Crippen LogP contribution in [-0.2, 0) is 9.47 Å². The molecule has 0 radical (unpaired) electrons. The van der Waals surface area contributed by atoms with Crippen LogP contribution >= 0.6 is 0 Å². The van der Waals surface area contributed by atoms with Gasteiger partial charge in [-0.15, -0.1) is 0 Å². The zero-order chi connectivity index (χ0) is 31.5. The second-order valence-electron chi connectivity index (χ2n) is 12.7. The molecule has 1 fully saturated rings. The van der Waals surface area contributed by atoms with E-state index < -0.39 is 29.3 Å². The fourth-order valence-corrected chi connectivity index (χ4v) is 4.87. The van der Waals surface area contributed by atoms with Gasteiger partial charge in [0.2, 0.25) is 5.88 Å². The van der Waals surface area contributed by atoms with E-state index in [4.69, 9.17) is 13.9 Å². The van der Waals surface area contributed by atoms with Crippen molar-refractivity contribution in [3.8, 4) is 0 Å². The van der Waals surface area contributed by atoms with Crippen molar-refractivity contribution in [1.29, 1.82) is 0 Å². The van der Waals surface area contributed by atoms with Gasteiger partial charge in [0, 0.05) is 31.5 Å². The largest absolute Gasteiger partial charge is 0.444 e. The third kappa shape index (κ3) is 8.24. The van der Waals surface area contributed by atoms with Gasteiger partial charge >= 0.3 is 12.2 Å². The molecule has 0 spiro atoms. The van der Waals surface area contributed by atoms with Crippen LogP contribution < -0.4 is 20.9 Å². The minimum atomic E-state index is -0.780. The molecule has 4 rings (SSSR count). The molecule has 0 saturated carbocycles. The Kier molecular flexibility index (Phi) is 8.98. The van der Waals surface area contributed by atoms with E-state index in [0.717, 1.165) is 12.1 Å². The van der Waals surface area contributed by atoms with E-state index in [9.17, 15) is 14.4 Å². The van der Waals surface area contributed by atoms with E-state index in [-0.39, 0.29) is 28.9 Å². The van der Waals surface area contributed by atoms with Gasteiger partial charge in [0.05, 0.1) is 17.6 Å². The lowest BCUT2D eigenvalue weighted by Crippen LogP contribution is -2.51. The average Bonchev–Trinajstić information content (AvgIpc) is 3.23. The highest BCUT2D eigenvalue weighted by atomic mass is 16.6. The maximum absolute atomic E-state index is 13.8. The van der Waals surface area contributed by atoms with E-state index in [2.05, 4.69) is 44.3 Å². The molecule has 12 nitrogen and oxygen atoms in total. The molecule has 0 bridgehead atoms. The van der Waals surface area contributed by atoms with Crippen LogP contribution in [0, 0.1) is 5.92 Å². The summed E-state index contributed by atoms with van der Waals surface area (Å²) in [5.74, 6) is -0.420. The highest BCUT2D eigenvalue weighted by Gasteiger charge is 2.31. The van der Waals surface area contributed by atoms with Crippen LogP contribution in [0.15, 0.2) is 41.7 Å². The summed E-state index contributed by atoms with van der Waals surface area (Å²) >= 11 is 0. The number of ether oxygens (including phenoxy) is 2. The highest BCUT2D eigenvalue weighted by Crippen LogP contribution is 2.33. The topological polar surface area (TPSA) is 148 Å². The summed E-state index contributed by atoms with van der Waals surface area (Å²) < 4.78 is 16.7. The Labute approximate surface area is 251 Å². The smallest absolute Gasteiger partial charge is 0.414 e. The number of hydrogen-bond acceptors (Lipinski definition) is 9. The van der Waals surface area contributed by atoms with Crippen molar-refractivity contribution in [1.82, 2.24) is 15.3 Å². The normalized spacial score (nSPS) is 17.2. The Balaban J connectivity index is 1.61. The molecule has 1 aliphatic heterocycles. The molecular formula is C31H40N6O6. The molecule has 0 aromatic carbocycles. The number of aromatic nitrogens is 2. The number of piperidine rings is 1. The molecule has 230 valence electrons. The van der Waals surface area contributed by atoms with Gasteiger partial charge in [-0.05, 0) is 71.6 Å². The molecule has 2 atom stereocenters. The summed E-state index contributed by atoms with van der Waals surface area (Å²) in [6.45, 7) is 17.7. The second kappa shape index (κ2) is 12.3. The van der Waals surface area contributed by atoms with Crippen LogP contribution in [0.1, 0.15) is 70.8 Å². The minimum Gasteiger partial charge on any atom is -0.444 e. The van der Waals surface area contributed by atoms with Crippen molar-refractivity contribution >= 4 is 52.5 Å². The Morgan fingerprint density at radius 1 is 1.05 bits per heavy atom. The average molecular weight is 593 g/mol. The summed E-state index contributed by atoms with van der Waals surface area (Å²) in [4.78, 5) is 49.6. The van der Waals surface area contributed by atoms with Gasteiger partial charge in [0.15, 0.2) is 5.58 Å². The van der Waals surface area contributed by atoms with Gasteiger partial charge in [-0.2, -0.15) is 0 Å². The summed E-state index contributed by atoms with van der Waals surface area (Å²) in [5.41, 5.74) is 1.06. The molecule has 1 saturated heterocycles. The predicted octanol–water partition coefficient (Wildman–Crippen LogP) is 6.20. The van der Waals surface area contributed by atoms with Crippen molar-refractivity contribution in [2.75, 3.05) is 28.6 Å². The van der Waals surface area contributed by atoms with E-state index in [1.54, 1.807) is 57.6 Å². The van der Waals surface area contributed by atoms with Crippen LogP contribution in [0.5, 0.6) is 0 Å². The van der Waals surface area contributed by atoms with Crippen LogP contribution in [-0.4, -0.2) is 58.4 Å². The zero-order valence-electron chi connectivity index (χ0n) is 25.7. The fraction of sp³-hybridized carbons (Fsp3) is 0.452. The fourth-order valence-electron chi connectivity index (χ4n) is 4.87. The Morgan fingerprint density at radius 3 is 2.42 bits per heavy atom. The molecule has 4 heterocycles. The number of anilines is 3. The number of amides is 3. The van der Waals surface area contributed by atoms with Gasteiger partial charge in [0.25, 0.3) is 5.91 Å². The summed E-state index contributed by atoms with van der Waals surface area (Å²) in [5, 5.41) is 8.45. The number of alkyl carbamates (subject to hydrolysis) is 1. The number of pyridine rings is 2. The first kappa shape index (κ1) is 31.3. The number of hydrogen-bond donors (Lipinski definition) is 3. The molecule has 3 amide bonds. The maximum atomic E-state index is 13.8. The summed E-state index contributed by atoms with van der Waals surface area (Å²) in [7, 11) is 0. The van der Waals surface area contributed by atoms with E-state index >= 15 is 0 Å². The van der Waals surface area contributed by atoms with E-state index in [1.807, 2.05) is 20.8 Å². The Hall–Kier alpha value is -4.61. The molecule has 3 N–H and O–H groups in total. The standard InChI is InChI=1S/C31H40N6O6/c1-9-19-13-23-25(33-14-19)24(27(41-23)36-29(40)43-31(6,7)8)26(38)35-21-15-32-11-10-22(21)37-16-18(2)12-20(17-37)34-28(39)42-30(3,4)5/h9-11,13-15,18,20H,1,12,16-17H2,2-8H3,(H,34,39)(H,35,38)(H,36,40)/t18-,20?/m1/s1. The Bertz CT molecular complexity index is 1520. The molecule has 12 heteroatoms. The van der Waals surface area contributed by atoms with Crippen molar-refractivity contribution in [3.63, 3.8) is 0 Å². The number of rotatable bonds is 6. The monoisotopic (exact) mass is 592 g/mol. The van der Waals surface area contributed by atoms with Gasteiger partial charge in [-0.3, -0.25) is 20.1 Å². The molecule has 3 aromatic rings. The van der Waals surface area contributed by atoms with Crippen molar-refractivity contribution in [3.05, 3.63) is 48.4 Å². The summed E-state index contributed by atoms with van der Waals surface area (Å²) in [6, 6.07) is 3.32. The molecule has 1 unspecified atom stereocenters. The number of fused-ring (bicyclic) bond motifs is 1. The minimum absolute atomic E-state index is 0.0303. The van der Waals surface area contributed by atoms with Gasteiger partial charge < -0.3 is 29.4 Å². The Morgan fingerprint density at radius 2 is 1.74 bits per heavy atom. The number of carbonyl (C=O) groups is 3. The first-order valence-corrected chi connectivity index (χ1v) is 14.2. The number of furan rings is 1. The molecule has 43 heavy (non-hydrogen) atoms. The van der Waals surface area contributed by atoms with Gasteiger partial charge in [0.1, 0.15) is 22.3 Å². The second-order valence-corrected chi connectivity index (χ2v) is 12.7. The first-order valence-electron chi connectivity index (χ1n) is 14.2. The number of nitrogens with zero attached hydrogens (tertiary/aromatic N) is 3. The van der Waals surface area contributed by atoms with Crippen LogP contribution in [0.25, 0.3) is 17.2 Å². The quantitative estimate of drug-likeness (QED) is 0.304. The molecular weight excluding hydrogens is 552 g/mol. The van der Waals surface area contributed by atoms with Crippen LogP contribution in [0.3, 0.4) is 0 Å².